The van der Waals surface area contributed by atoms with Gasteiger partial charge >= 0.3 is 0 Å². The summed E-state index contributed by atoms with van der Waals surface area (Å²) in [7, 11) is 1.59. The molecule has 1 fully saturated rings. The number of ether oxygens (including phenoxy) is 1. The lowest BCUT2D eigenvalue weighted by Gasteiger charge is -2.30. The Bertz CT molecular complexity index is 601. The fourth-order valence-corrected chi connectivity index (χ4v) is 2.86. The van der Waals surface area contributed by atoms with Crippen molar-refractivity contribution in [1.29, 1.82) is 0 Å². The van der Waals surface area contributed by atoms with E-state index in [9.17, 15) is 9.59 Å². The summed E-state index contributed by atoms with van der Waals surface area (Å²) in [5, 5.41) is 4.96. The van der Waals surface area contributed by atoms with Gasteiger partial charge in [-0.2, -0.15) is 0 Å². The number of benzene rings is 1. The van der Waals surface area contributed by atoms with E-state index in [-0.39, 0.29) is 11.8 Å². The molecule has 6 nitrogen and oxygen atoms in total. The summed E-state index contributed by atoms with van der Waals surface area (Å²) >= 11 is 5.80. The van der Waals surface area contributed by atoms with Crippen LogP contribution >= 0.6 is 11.6 Å². The van der Waals surface area contributed by atoms with Gasteiger partial charge in [-0.15, -0.1) is 11.6 Å². The van der Waals surface area contributed by atoms with E-state index in [1.165, 1.54) is 6.42 Å². The molecular formula is C18H26ClN3O3. The maximum atomic E-state index is 12.6. The fourth-order valence-electron chi connectivity index (χ4n) is 2.81. The molecule has 25 heavy (non-hydrogen) atoms. The standard InChI is InChI=1S/C18H26ClN3O3/c1-13(19)17(23)21-14-6-7-16(22-9-4-3-5-10-22)15(12-14)18(24)20-8-11-25-2/h6-7,12-13H,3-5,8-11H2,1-2H3,(H,20,24)(H,21,23). The molecule has 1 unspecified atom stereocenters. The highest BCUT2D eigenvalue weighted by molar-refractivity contribution is 6.32. The van der Waals surface area contributed by atoms with Gasteiger partial charge in [-0.1, -0.05) is 0 Å². The fraction of sp³-hybridized carbons (Fsp3) is 0.556. The number of carbonyl (C=O) groups excluding carboxylic acids is 2. The second-order valence-electron chi connectivity index (χ2n) is 6.13. The molecule has 1 saturated heterocycles. The van der Waals surface area contributed by atoms with Gasteiger partial charge in [0.25, 0.3) is 5.91 Å². The molecule has 1 aliphatic rings. The molecule has 0 spiro atoms. The molecular weight excluding hydrogens is 342 g/mol. The molecule has 138 valence electrons. The molecule has 1 heterocycles. The smallest absolute Gasteiger partial charge is 0.253 e. The molecule has 0 bridgehead atoms. The first-order chi connectivity index (χ1) is 12.0. The van der Waals surface area contributed by atoms with Crippen LogP contribution < -0.4 is 15.5 Å². The summed E-state index contributed by atoms with van der Waals surface area (Å²) in [5.74, 6) is -0.467. The summed E-state index contributed by atoms with van der Waals surface area (Å²) in [4.78, 5) is 26.7. The van der Waals surface area contributed by atoms with Gasteiger partial charge in [0.05, 0.1) is 12.2 Å². The Kier molecular flexibility index (Phi) is 7.52. The lowest BCUT2D eigenvalue weighted by atomic mass is 10.1. The van der Waals surface area contributed by atoms with Crippen LogP contribution in [-0.2, 0) is 9.53 Å². The Morgan fingerprint density at radius 2 is 2.00 bits per heavy atom. The molecule has 1 aromatic carbocycles. The van der Waals surface area contributed by atoms with Crippen LogP contribution in [0, 0.1) is 0 Å². The van der Waals surface area contributed by atoms with Crippen LogP contribution in [0.5, 0.6) is 0 Å². The van der Waals surface area contributed by atoms with E-state index in [0.29, 0.717) is 24.4 Å². The van der Waals surface area contributed by atoms with E-state index in [4.69, 9.17) is 16.3 Å². The third kappa shape index (κ3) is 5.61. The van der Waals surface area contributed by atoms with Crippen molar-refractivity contribution in [1.82, 2.24) is 5.32 Å². The number of carbonyl (C=O) groups is 2. The second kappa shape index (κ2) is 9.63. The first kappa shape index (κ1) is 19.5. The number of anilines is 2. The highest BCUT2D eigenvalue weighted by Gasteiger charge is 2.20. The maximum Gasteiger partial charge on any atom is 0.253 e. The summed E-state index contributed by atoms with van der Waals surface area (Å²) in [6.45, 7) is 4.36. The number of alkyl halides is 1. The minimum absolute atomic E-state index is 0.173. The van der Waals surface area contributed by atoms with E-state index >= 15 is 0 Å². The predicted molar refractivity (Wildman–Crippen MR) is 101 cm³/mol. The molecule has 1 aromatic rings. The number of hydrogen-bond acceptors (Lipinski definition) is 4. The van der Waals surface area contributed by atoms with Crippen molar-refractivity contribution in [3.63, 3.8) is 0 Å². The number of halogens is 1. The second-order valence-corrected chi connectivity index (χ2v) is 6.79. The number of hydrogen-bond donors (Lipinski definition) is 2. The molecule has 2 rings (SSSR count). The summed E-state index contributed by atoms with van der Waals surface area (Å²) in [5.41, 5.74) is 2.01. The minimum atomic E-state index is -0.638. The number of piperidine rings is 1. The summed E-state index contributed by atoms with van der Waals surface area (Å²) < 4.78 is 4.98. The van der Waals surface area contributed by atoms with E-state index < -0.39 is 5.38 Å². The highest BCUT2D eigenvalue weighted by Crippen LogP contribution is 2.27. The largest absolute Gasteiger partial charge is 0.383 e. The quantitative estimate of drug-likeness (QED) is 0.574. The zero-order valence-electron chi connectivity index (χ0n) is 14.8. The van der Waals surface area contributed by atoms with Crippen LogP contribution in [0.15, 0.2) is 18.2 Å². The van der Waals surface area contributed by atoms with Crippen LogP contribution in [-0.4, -0.2) is 50.5 Å². The molecule has 0 aliphatic carbocycles. The van der Waals surface area contributed by atoms with Crippen molar-refractivity contribution in [2.24, 2.45) is 0 Å². The summed E-state index contributed by atoms with van der Waals surface area (Å²) in [6, 6.07) is 5.42. The molecule has 0 saturated carbocycles. The molecule has 0 aromatic heterocycles. The first-order valence-corrected chi connectivity index (χ1v) is 9.07. The van der Waals surface area contributed by atoms with Crippen molar-refractivity contribution in [2.45, 2.75) is 31.6 Å². The lowest BCUT2D eigenvalue weighted by molar-refractivity contribution is -0.115. The Morgan fingerprint density at radius 3 is 2.64 bits per heavy atom. The maximum absolute atomic E-state index is 12.6. The Hall–Kier alpha value is -1.79. The Labute approximate surface area is 153 Å². The number of nitrogens with one attached hydrogen (secondary N) is 2. The van der Waals surface area contributed by atoms with Gasteiger partial charge in [-0.05, 0) is 44.4 Å². The molecule has 7 heteroatoms. The average Bonchev–Trinajstić information content (AvgIpc) is 2.62. The van der Waals surface area contributed by atoms with Crippen LogP contribution in [0.25, 0.3) is 0 Å². The SMILES string of the molecule is COCCNC(=O)c1cc(NC(=O)C(C)Cl)ccc1N1CCCCC1. The summed E-state index contributed by atoms with van der Waals surface area (Å²) in [6.07, 6.45) is 3.45. The van der Waals surface area contributed by atoms with Crippen LogP contribution in [0.1, 0.15) is 36.5 Å². The van der Waals surface area contributed by atoms with Gasteiger partial charge in [0.15, 0.2) is 0 Å². The van der Waals surface area contributed by atoms with E-state index in [1.54, 1.807) is 20.1 Å². The Balaban J connectivity index is 2.24. The molecule has 0 radical (unpaired) electrons. The van der Waals surface area contributed by atoms with E-state index in [0.717, 1.165) is 31.6 Å². The normalized spacial score (nSPS) is 15.6. The van der Waals surface area contributed by atoms with E-state index in [2.05, 4.69) is 15.5 Å². The van der Waals surface area contributed by atoms with Gasteiger partial charge in [0.1, 0.15) is 5.38 Å². The lowest BCUT2D eigenvalue weighted by Crippen LogP contribution is -2.33. The van der Waals surface area contributed by atoms with Crippen LogP contribution in [0.3, 0.4) is 0 Å². The third-order valence-electron chi connectivity index (χ3n) is 4.16. The van der Waals surface area contributed by atoms with Gasteiger partial charge in [0, 0.05) is 38.1 Å². The van der Waals surface area contributed by atoms with Gasteiger partial charge in [0.2, 0.25) is 5.91 Å². The molecule has 1 atom stereocenters. The topological polar surface area (TPSA) is 70.7 Å². The van der Waals surface area contributed by atoms with Crippen molar-refractivity contribution < 1.29 is 14.3 Å². The number of nitrogens with zero attached hydrogens (tertiary/aromatic N) is 1. The molecule has 2 N–H and O–H groups in total. The van der Waals surface area contributed by atoms with Crippen molar-refractivity contribution in [2.75, 3.05) is 43.6 Å². The Morgan fingerprint density at radius 1 is 1.28 bits per heavy atom. The van der Waals surface area contributed by atoms with Crippen molar-refractivity contribution in [3.05, 3.63) is 23.8 Å². The van der Waals surface area contributed by atoms with Crippen molar-refractivity contribution in [3.8, 4) is 0 Å². The number of rotatable bonds is 7. The first-order valence-electron chi connectivity index (χ1n) is 8.64. The molecule has 2 amide bonds. The van der Waals surface area contributed by atoms with Gasteiger partial charge in [-0.25, -0.2) is 0 Å². The van der Waals surface area contributed by atoms with Crippen molar-refractivity contribution >= 4 is 34.8 Å². The zero-order chi connectivity index (χ0) is 18.2. The number of amides is 2. The zero-order valence-corrected chi connectivity index (χ0v) is 15.6. The third-order valence-corrected chi connectivity index (χ3v) is 4.36. The van der Waals surface area contributed by atoms with Crippen LogP contribution in [0.2, 0.25) is 0 Å². The molecule has 1 aliphatic heterocycles. The van der Waals surface area contributed by atoms with Gasteiger partial charge in [-0.3, -0.25) is 9.59 Å². The van der Waals surface area contributed by atoms with E-state index in [1.807, 2.05) is 12.1 Å². The number of methoxy groups -OCH3 is 1. The average molecular weight is 368 g/mol. The predicted octanol–water partition coefficient (Wildman–Crippen LogP) is 2.62. The van der Waals surface area contributed by atoms with Crippen LogP contribution in [0.4, 0.5) is 11.4 Å². The monoisotopic (exact) mass is 367 g/mol. The minimum Gasteiger partial charge on any atom is -0.383 e. The highest BCUT2D eigenvalue weighted by atomic mass is 35.5. The van der Waals surface area contributed by atoms with Gasteiger partial charge < -0.3 is 20.3 Å².